The maximum Gasteiger partial charge on any atom is 0.407 e. The lowest BCUT2D eigenvalue weighted by Gasteiger charge is -2.33. The molecule has 0 aromatic heterocycles. The Morgan fingerprint density at radius 3 is 2.24 bits per heavy atom. The van der Waals surface area contributed by atoms with Gasteiger partial charge in [0.1, 0.15) is 12.3 Å². The normalized spacial score (nSPS) is 14.2. The van der Waals surface area contributed by atoms with Gasteiger partial charge in [-0.2, -0.15) is 0 Å². The first-order valence-corrected chi connectivity index (χ1v) is 6.81. The van der Waals surface area contributed by atoms with Crippen molar-refractivity contribution in [2.45, 2.75) is 58.2 Å². The molecule has 0 heterocycles. The van der Waals surface area contributed by atoms with Crippen LogP contribution in [0.15, 0.2) is 0 Å². The van der Waals surface area contributed by atoms with Crippen molar-refractivity contribution in [3.63, 3.8) is 0 Å². The first-order valence-electron chi connectivity index (χ1n) is 6.81. The Morgan fingerprint density at radius 2 is 1.86 bits per heavy atom. The minimum absolute atomic E-state index is 0.271. The summed E-state index contributed by atoms with van der Waals surface area (Å²) >= 11 is 0. The average molecular weight is 302 g/mol. The van der Waals surface area contributed by atoms with Crippen molar-refractivity contribution in [2.24, 2.45) is 11.6 Å². The van der Waals surface area contributed by atoms with Gasteiger partial charge in [-0.3, -0.25) is 9.80 Å². The second-order valence-electron chi connectivity index (χ2n) is 5.98. The molecule has 0 aliphatic heterocycles. The van der Waals surface area contributed by atoms with Crippen LogP contribution in [0.4, 0.5) is 4.79 Å². The van der Waals surface area contributed by atoms with E-state index in [2.05, 4.69) is 0 Å². The van der Waals surface area contributed by atoms with E-state index >= 15 is 0 Å². The molecule has 0 aliphatic rings. The van der Waals surface area contributed by atoms with Crippen molar-refractivity contribution in [3.05, 3.63) is 0 Å². The predicted octanol–water partition coefficient (Wildman–Crippen LogP) is 0.162. The van der Waals surface area contributed by atoms with Crippen LogP contribution in [0.5, 0.6) is 0 Å². The van der Waals surface area contributed by atoms with Gasteiger partial charge >= 0.3 is 6.09 Å². The largest absolute Gasteiger partial charge is 0.465 e. The molecule has 5 N–H and O–H groups in total. The number of carboxylic acid groups (broad SMARTS) is 1. The predicted molar refractivity (Wildman–Crippen MR) is 78.3 cm³/mol. The third-order valence-electron chi connectivity index (χ3n) is 3.14. The Balaban J connectivity index is 4.43. The number of amides is 2. The second-order valence-corrected chi connectivity index (χ2v) is 5.98. The maximum atomic E-state index is 11.8. The molecule has 8 heteroatoms. The SMILES string of the molecule is CC(C=O)N(N)C(=O)[C@@H](N)CCCN(C(=O)O)C(C)(C)C. The quantitative estimate of drug-likeness (QED) is 0.266. The van der Waals surface area contributed by atoms with E-state index < -0.39 is 29.6 Å². The van der Waals surface area contributed by atoms with Gasteiger partial charge in [0.2, 0.25) is 0 Å². The highest BCUT2D eigenvalue weighted by Gasteiger charge is 2.27. The summed E-state index contributed by atoms with van der Waals surface area (Å²) in [5.74, 6) is 4.95. The topological polar surface area (TPSA) is 130 Å². The molecule has 0 radical (unpaired) electrons. The van der Waals surface area contributed by atoms with Crippen LogP contribution in [0.25, 0.3) is 0 Å². The number of carbonyl (C=O) groups is 3. The van der Waals surface area contributed by atoms with Crippen LogP contribution < -0.4 is 11.6 Å². The van der Waals surface area contributed by atoms with E-state index in [9.17, 15) is 14.4 Å². The number of hydrogen-bond donors (Lipinski definition) is 3. The fourth-order valence-corrected chi connectivity index (χ4v) is 1.77. The van der Waals surface area contributed by atoms with Crippen molar-refractivity contribution in [1.29, 1.82) is 0 Å². The Kier molecular flexibility index (Phi) is 7.31. The summed E-state index contributed by atoms with van der Waals surface area (Å²) in [6.45, 7) is 7.13. The molecular weight excluding hydrogens is 276 g/mol. The molecule has 2 amide bonds. The molecule has 8 nitrogen and oxygen atoms in total. The molecule has 0 saturated carbocycles. The number of rotatable bonds is 7. The highest BCUT2D eigenvalue weighted by molar-refractivity contribution is 5.83. The molecule has 0 aromatic rings. The minimum Gasteiger partial charge on any atom is -0.465 e. The van der Waals surface area contributed by atoms with Crippen molar-refractivity contribution < 1.29 is 19.5 Å². The average Bonchev–Trinajstić information content (AvgIpc) is 2.38. The second kappa shape index (κ2) is 7.94. The van der Waals surface area contributed by atoms with Crippen molar-refractivity contribution in [2.75, 3.05) is 6.54 Å². The fourth-order valence-electron chi connectivity index (χ4n) is 1.77. The first-order chi connectivity index (χ1) is 9.52. The van der Waals surface area contributed by atoms with E-state index in [4.69, 9.17) is 16.7 Å². The zero-order valence-corrected chi connectivity index (χ0v) is 13.1. The van der Waals surface area contributed by atoms with Crippen LogP contribution in [0.2, 0.25) is 0 Å². The molecule has 0 saturated heterocycles. The lowest BCUT2D eigenvalue weighted by Crippen LogP contribution is -2.52. The van der Waals surface area contributed by atoms with Gasteiger partial charge in [0.15, 0.2) is 0 Å². The van der Waals surface area contributed by atoms with E-state index in [1.165, 1.54) is 11.8 Å². The monoisotopic (exact) mass is 302 g/mol. The zero-order valence-electron chi connectivity index (χ0n) is 13.1. The van der Waals surface area contributed by atoms with E-state index in [-0.39, 0.29) is 13.0 Å². The van der Waals surface area contributed by atoms with Gasteiger partial charge in [-0.15, -0.1) is 0 Å². The highest BCUT2D eigenvalue weighted by atomic mass is 16.4. The van der Waals surface area contributed by atoms with Crippen molar-refractivity contribution in [1.82, 2.24) is 9.91 Å². The van der Waals surface area contributed by atoms with Gasteiger partial charge in [0, 0.05) is 12.1 Å². The Bertz CT molecular complexity index is 381. The van der Waals surface area contributed by atoms with Gasteiger partial charge < -0.3 is 20.5 Å². The summed E-state index contributed by atoms with van der Waals surface area (Å²) in [6.07, 6.45) is 0.256. The molecule has 0 spiro atoms. The van der Waals surface area contributed by atoms with Crippen LogP contribution >= 0.6 is 0 Å². The number of hydrazine groups is 1. The fraction of sp³-hybridized carbons (Fsp3) is 0.769. The first kappa shape index (κ1) is 19.3. The van der Waals surface area contributed by atoms with E-state index in [0.717, 1.165) is 5.01 Å². The maximum absolute atomic E-state index is 11.8. The third kappa shape index (κ3) is 6.09. The molecule has 0 bridgehead atoms. The van der Waals surface area contributed by atoms with Crippen LogP contribution in [0.3, 0.4) is 0 Å². The van der Waals surface area contributed by atoms with Crippen molar-refractivity contribution in [3.8, 4) is 0 Å². The lowest BCUT2D eigenvalue weighted by molar-refractivity contribution is -0.137. The number of aldehydes is 1. The molecule has 0 aliphatic carbocycles. The molecule has 2 atom stereocenters. The summed E-state index contributed by atoms with van der Waals surface area (Å²) in [6, 6.07) is -1.60. The van der Waals surface area contributed by atoms with E-state index in [0.29, 0.717) is 12.7 Å². The minimum atomic E-state index is -1.02. The molecule has 0 aromatic carbocycles. The summed E-state index contributed by atoms with van der Waals surface area (Å²) < 4.78 is 0. The number of hydrogen-bond acceptors (Lipinski definition) is 5. The van der Waals surface area contributed by atoms with Gasteiger partial charge in [-0.05, 0) is 40.5 Å². The summed E-state index contributed by atoms with van der Waals surface area (Å²) in [4.78, 5) is 34.9. The van der Waals surface area contributed by atoms with Gasteiger partial charge in [0.25, 0.3) is 5.91 Å². The number of carbonyl (C=O) groups excluding carboxylic acids is 2. The Hall–Kier alpha value is -1.67. The molecular formula is C13H26N4O4. The number of nitrogens with two attached hydrogens (primary N) is 2. The van der Waals surface area contributed by atoms with Gasteiger partial charge in [-0.25, -0.2) is 10.6 Å². The van der Waals surface area contributed by atoms with E-state index in [1.807, 2.05) is 0 Å². The standard InChI is InChI=1S/C13H26N4O4/c1-9(8-18)17(15)11(19)10(14)6-5-7-16(12(20)21)13(2,3)4/h8-10H,5-7,14-15H2,1-4H3,(H,20,21)/t9?,10-/m0/s1. The van der Waals surface area contributed by atoms with Gasteiger partial charge in [-0.1, -0.05) is 0 Å². The summed E-state index contributed by atoms with van der Waals surface area (Å²) in [7, 11) is 0. The molecule has 21 heavy (non-hydrogen) atoms. The van der Waals surface area contributed by atoms with Crippen molar-refractivity contribution >= 4 is 18.3 Å². The number of nitrogens with zero attached hydrogens (tertiary/aromatic N) is 2. The highest BCUT2D eigenvalue weighted by Crippen LogP contribution is 2.14. The lowest BCUT2D eigenvalue weighted by atomic mass is 10.0. The summed E-state index contributed by atoms with van der Waals surface area (Å²) in [5, 5.41) is 9.94. The Labute approximate surface area is 125 Å². The summed E-state index contributed by atoms with van der Waals surface area (Å²) in [5.41, 5.74) is 5.21. The van der Waals surface area contributed by atoms with Crippen LogP contribution in [0.1, 0.15) is 40.5 Å². The molecule has 0 rings (SSSR count). The molecule has 1 unspecified atom stereocenters. The smallest absolute Gasteiger partial charge is 0.407 e. The van der Waals surface area contributed by atoms with Gasteiger partial charge in [0.05, 0.1) is 6.04 Å². The zero-order chi connectivity index (χ0) is 16.8. The van der Waals surface area contributed by atoms with Crippen LogP contribution in [0, 0.1) is 0 Å². The van der Waals surface area contributed by atoms with E-state index in [1.54, 1.807) is 20.8 Å². The molecule has 122 valence electrons. The third-order valence-corrected chi connectivity index (χ3v) is 3.14. The Morgan fingerprint density at radius 1 is 1.33 bits per heavy atom. The van der Waals surface area contributed by atoms with Crippen LogP contribution in [-0.2, 0) is 9.59 Å². The van der Waals surface area contributed by atoms with Crippen LogP contribution in [-0.4, -0.2) is 57.5 Å². The molecule has 0 fully saturated rings.